The molecule has 1 heterocycles. The number of benzene rings is 1. The predicted molar refractivity (Wildman–Crippen MR) is 61.1 cm³/mol. The van der Waals surface area contributed by atoms with Crippen LogP contribution in [-0.4, -0.2) is 11.3 Å². The minimum Gasteiger partial charge on any atom is -0.406 e. The highest BCUT2D eigenvalue weighted by atomic mass is 19.4. The lowest BCUT2D eigenvalue weighted by atomic mass is 10.1. The molecule has 6 heteroatoms. The second kappa shape index (κ2) is 4.87. The lowest BCUT2D eigenvalue weighted by molar-refractivity contribution is -0.274. The summed E-state index contributed by atoms with van der Waals surface area (Å²) in [5, 5.41) is 0. The molecule has 0 unspecified atom stereocenters. The molecule has 0 saturated heterocycles. The summed E-state index contributed by atoms with van der Waals surface area (Å²) in [5.41, 5.74) is 1.62. The van der Waals surface area contributed by atoms with E-state index in [0.717, 1.165) is 0 Å². The van der Waals surface area contributed by atoms with Gasteiger partial charge in [-0.2, -0.15) is 4.39 Å². The minimum atomic E-state index is -4.71. The first-order valence-corrected chi connectivity index (χ1v) is 5.33. The zero-order chi connectivity index (χ0) is 14.0. The molecule has 0 radical (unpaired) electrons. The van der Waals surface area contributed by atoms with Crippen LogP contribution in [0.2, 0.25) is 0 Å². The van der Waals surface area contributed by atoms with Crippen molar-refractivity contribution >= 4 is 0 Å². The van der Waals surface area contributed by atoms with Crippen LogP contribution in [-0.2, 0) is 0 Å². The maximum Gasteiger partial charge on any atom is 0.573 e. The molecule has 0 amide bonds. The maximum atomic E-state index is 13.0. The fraction of sp³-hybridized carbons (Fsp3) is 0.154. The summed E-state index contributed by atoms with van der Waals surface area (Å²) < 4.78 is 52.7. The Morgan fingerprint density at radius 2 is 1.68 bits per heavy atom. The van der Waals surface area contributed by atoms with Crippen LogP contribution in [0.5, 0.6) is 5.75 Å². The molecule has 0 atom stereocenters. The van der Waals surface area contributed by atoms with Crippen molar-refractivity contribution in [2.24, 2.45) is 0 Å². The fourth-order valence-corrected chi connectivity index (χ4v) is 1.57. The van der Waals surface area contributed by atoms with Gasteiger partial charge in [-0.3, -0.25) is 0 Å². The molecule has 0 spiro atoms. The van der Waals surface area contributed by atoms with Gasteiger partial charge in [-0.15, -0.1) is 13.2 Å². The van der Waals surface area contributed by atoms with Crippen LogP contribution in [0.4, 0.5) is 17.6 Å². The Morgan fingerprint density at radius 1 is 1.05 bits per heavy atom. The van der Waals surface area contributed by atoms with E-state index in [9.17, 15) is 17.6 Å². The van der Waals surface area contributed by atoms with Crippen LogP contribution in [0.15, 0.2) is 36.5 Å². The number of aromatic nitrogens is 1. The molecular formula is C13H9F4NO. The number of hydrogen-bond acceptors (Lipinski definition) is 2. The molecule has 0 bridgehead atoms. The van der Waals surface area contributed by atoms with Crippen molar-refractivity contribution in [2.45, 2.75) is 13.3 Å². The molecule has 2 aromatic rings. The molecule has 0 N–H and O–H groups in total. The van der Waals surface area contributed by atoms with Gasteiger partial charge in [0.25, 0.3) is 0 Å². The summed E-state index contributed by atoms with van der Waals surface area (Å²) in [6.07, 6.45) is -3.39. The van der Waals surface area contributed by atoms with Crippen LogP contribution in [0, 0.1) is 12.9 Å². The van der Waals surface area contributed by atoms with Crippen LogP contribution in [0.1, 0.15) is 5.56 Å². The molecule has 19 heavy (non-hydrogen) atoms. The number of hydrogen-bond donors (Lipinski definition) is 0. The van der Waals surface area contributed by atoms with Gasteiger partial charge in [0, 0.05) is 17.3 Å². The van der Waals surface area contributed by atoms with E-state index in [-0.39, 0.29) is 5.75 Å². The zero-order valence-corrected chi connectivity index (χ0v) is 9.83. The Hall–Kier alpha value is -2.11. The fourth-order valence-electron chi connectivity index (χ4n) is 1.57. The van der Waals surface area contributed by atoms with Gasteiger partial charge in [0.15, 0.2) is 0 Å². The third kappa shape index (κ3) is 3.43. The smallest absolute Gasteiger partial charge is 0.406 e. The quantitative estimate of drug-likeness (QED) is 0.606. The molecule has 2 nitrogen and oxygen atoms in total. The van der Waals surface area contributed by atoms with E-state index >= 15 is 0 Å². The van der Waals surface area contributed by atoms with E-state index < -0.39 is 12.3 Å². The number of rotatable bonds is 2. The van der Waals surface area contributed by atoms with E-state index in [0.29, 0.717) is 16.7 Å². The third-order valence-electron chi connectivity index (χ3n) is 2.44. The molecule has 1 aromatic heterocycles. The number of pyridine rings is 1. The molecular weight excluding hydrogens is 262 g/mol. The molecule has 0 saturated carbocycles. The highest BCUT2D eigenvalue weighted by Gasteiger charge is 2.30. The highest BCUT2D eigenvalue weighted by Crippen LogP contribution is 2.26. The zero-order valence-electron chi connectivity index (χ0n) is 9.83. The lowest BCUT2D eigenvalue weighted by Gasteiger charge is -2.09. The highest BCUT2D eigenvalue weighted by molar-refractivity contribution is 5.63. The van der Waals surface area contributed by atoms with Crippen LogP contribution in [0.3, 0.4) is 0 Å². The Morgan fingerprint density at radius 3 is 2.21 bits per heavy atom. The maximum absolute atomic E-state index is 13.0. The summed E-state index contributed by atoms with van der Waals surface area (Å²) in [7, 11) is 0. The second-order valence-corrected chi connectivity index (χ2v) is 3.90. The first-order chi connectivity index (χ1) is 8.85. The standard InChI is InChI=1S/C13H9F4NO/c1-8-6-10(7-18-12(8)14)9-2-4-11(5-3-9)19-13(15,16)17/h2-7H,1H3. The van der Waals surface area contributed by atoms with Crippen molar-refractivity contribution in [1.82, 2.24) is 4.98 Å². The van der Waals surface area contributed by atoms with E-state index in [1.807, 2.05) is 0 Å². The average Bonchev–Trinajstić information content (AvgIpc) is 2.32. The van der Waals surface area contributed by atoms with Gasteiger partial charge >= 0.3 is 6.36 Å². The topological polar surface area (TPSA) is 22.1 Å². The Kier molecular flexibility index (Phi) is 3.42. The first-order valence-electron chi connectivity index (χ1n) is 5.33. The molecule has 0 fully saturated rings. The SMILES string of the molecule is Cc1cc(-c2ccc(OC(F)(F)F)cc2)cnc1F. The summed E-state index contributed by atoms with van der Waals surface area (Å²) in [4.78, 5) is 3.56. The number of alkyl halides is 3. The van der Waals surface area contributed by atoms with Gasteiger partial charge in [-0.25, -0.2) is 4.98 Å². The lowest BCUT2D eigenvalue weighted by Crippen LogP contribution is -2.16. The molecule has 2 rings (SSSR count). The Balaban J connectivity index is 2.25. The molecule has 0 aliphatic carbocycles. The van der Waals surface area contributed by atoms with E-state index in [1.165, 1.54) is 30.5 Å². The minimum absolute atomic E-state index is 0.303. The monoisotopic (exact) mass is 271 g/mol. The van der Waals surface area contributed by atoms with Crippen molar-refractivity contribution in [3.05, 3.63) is 48.0 Å². The summed E-state index contributed by atoms with van der Waals surface area (Å²) in [6.45, 7) is 1.56. The van der Waals surface area contributed by atoms with Crippen molar-refractivity contribution < 1.29 is 22.3 Å². The summed E-state index contributed by atoms with van der Waals surface area (Å²) in [6, 6.07) is 6.87. The molecule has 100 valence electrons. The van der Waals surface area contributed by atoms with Crippen molar-refractivity contribution in [2.75, 3.05) is 0 Å². The normalized spacial score (nSPS) is 11.4. The van der Waals surface area contributed by atoms with E-state index in [4.69, 9.17) is 0 Å². The van der Waals surface area contributed by atoms with Crippen molar-refractivity contribution in [3.8, 4) is 16.9 Å². The average molecular weight is 271 g/mol. The van der Waals surface area contributed by atoms with Gasteiger partial charge in [-0.05, 0) is 30.7 Å². The van der Waals surface area contributed by atoms with Gasteiger partial charge in [0.05, 0.1) is 0 Å². The van der Waals surface area contributed by atoms with Gasteiger partial charge in [0.1, 0.15) is 5.75 Å². The third-order valence-corrected chi connectivity index (χ3v) is 2.44. The van der Waals surface area contributed by atoms with Crippen molar-refractivity contribution in [3.63, 3.8) is 0 Å². The van der Waals surface area contributed by atoms with Crippen LogP contribution in [0.25, 0.3) is 11.1 Å². The van der Waals surface area contributed by atoms with E-state index in [2.05, 4.69) is 9.72 Å². The Labute approximate surface area is 106 Å². The van der Waals surface area contributed by atoms with Gasteiger partial charge < -0.3 is 4.74 Å². The van der Waals surface area contributed by atoms with Crippen molar-refractivity contribution in [1.29, 1.82) is 0 Å². The predicted octanol–water partition coefficient (Wildman–Crippen LogP) is 4.09. The van der Waals surface area contributed by atoms with Gasteiger partial charge in [-0.1, -0.05) is 12.1 Å². The Bertz CT molecular complexity index is 578. The van der Waals surface area contributed by atoms with Gasteiger partial charge in [0.2, 0.25) is 5.95 Å². The largest absolute Gasteiger partial charge is 0.573 e. The first kappa shape index (κ1) is 13.3. The summed E-state index contributed by atoms with van der Waals surface area (Å²) in [5.74, 6) is -0.871. The number of nitrogens with zero attached hydrogens (tertiary/aromatic N) is 1. The second-order valence-electron chi connectivity index (χ2n) is 3.90. The number of ether oxygens (including phenoxy) is 1. The summed E-state index contributed by atoms with van der Waals surface area (Å²) >= 11 is 0. The molecule has 0 aliphatic rings. The van der Waals surface area contributed by atoms with E-state index in [1.54, 1.807) is 13.0 Å². The molecule has 1 aromatic carbocycles. The number of halogens is 4. The number of aryl methyl sites for hydroxylation is 1. The van der Waals surface area contributed by atoms with Crippen LogP contribution >= 0.6 is 0 Å². The van der Waals surface area contributed by atoms with Crippen LogP contribution < -0.4 is 4.74 Å². The molecule has 0 aliphatic heterocycles.